The van der Waals surface area contributed by atoms with Crippen LogP contribution in [0, 0.1) is 6.92 Å². The second-order valence-corrected chi connectivity index (χ2v) is 4.57. The largest absolute Gasteiger partial charge is 0.480 e. The Bertz CT molecular complexity index is 514. The molecule has 2 amide bonds. The van der Waals surface area contributed by atoms with Crippen LogP contribution in [0.2, 0.25) is 0 Å². The molecule has 0 saturated carbocycles. The molecule has 0 aliphatic rings. The minimum Gasteiger partial charge on any atom is -0.480 e. The number of carbonyl (C=O) groups is 3. The lowest BCUT2D eigenvalue weighted by atomic mass is 10.0. The molecule has 1 rings (SSSR count). The summed E-state index contributed by atoms with van der Waals surface area (Å²) in [6.07, 6.45) is 0.0127. The highest BCUT2D eigenvalue weighted by Crippen LogP contribution is 2.08. The Hall–Kier alpha value is -2.37. The monoisotopic (exact) mass is 278 g/mol. The molecule has 4 N–H and O–H groups in total. The maximum Gasteiger partial charge on any atom is 0.326 e. The van der Waals surface area contributed by atoms with Crippen molar-refractivity contribution in [1.82, 2.24) is 5.32 Å². The van der Waals surface area contributed by atoms with Gasteiger partial charge in [-0.2, -0.15) is 0 Å². The Balaban J connectivity index is 2.60. The number of hydrogen-bond donors (Lipinski definition) is 3. The number of aliphatic carboxylic acids is 1. The van der Waals surface area contributed by atoms with E-state index < -0.39 is 23.8 Å². The van der Waals surface area contributed by atoms with Gasteiger partial charge in [0.25, 0.3) is 0 Å². The molecule has 0 bridgehead atoms. The van der Waals surface area contributed by atoms with Gasteiger partial charge in [-0.05, 0) is 24.5 Å². The minimum atomic E-state index is -1.18. The van der Waals surface area contributed by atoms with Gasteiger partial charge in [0.2, 0.25) is 11.8 Å². The summed E-state index contributed by atoms with van der Waals surface area (Å²) >= 11 is 0. The summed E-state index contributed by atoms with van der Waals surface area (Å²) in [6, 6.07) is 6.28. The van der Waals surface area contributed by atoms with Gasteiger partial charge in [0.1, 0.15) is 6.04 Å². The third kappa shape index (κ3) is 5.09. The van der Waals surface area contributed by atoms with Crippen LogP contribution in [0.25, 0.3) is 0 Å². The molecule has 0 saturated heterocycles. The number of rotatable bonds is 7. The van der Waals surface area contributed by atoms with E-state index >= 15 is 0 Å². The summed E-state index contributed by atoms with van der Waals surface area (Å²) in [5, 5.41) is 11.4. The van der Waals surface area contributed by atoms with E-state index in [9.17, 15) is 14.4 Å². The van der Waals surface area contributed by atoms with Crippen molar-refractivity contribution in [3.05, 3.63) is 35.4 Å². The summed E-state index contributed by atoms with van der Waals surface area (Å²) in [5.41, 5.74) is 6.77. The number of primary amides is 1. The summed E-state index contributed by atoms with van der Waals surface area (Å²) in [6.45, 7) is 1.88. The molecule has 6 nitrogen and oxygen atoms in total. The third-order valence-corrected chi connectivity index (χ3v) is 2.92. The first kappa shape index (κ1) is 15.7. The maximum atomic E-state index is 11.8. The van der Waals surface area contributed by atoms with E-state index in [2.05, 4.69) is 5.32 Å². The van der Waals surface area contributed by atoms with Crippen LogP contribution in [0.4, 0.5) is 0 Å². The predicted octanol–water partition coefficient (Wildman–Crippen LogP) is 0.372. The average molecular weight is 278 g/mol. The van der Waals surface area contributed by atoms with Gasteiger partial charge in [-0.25, -0.2) is 4.79 Å². The van der Waals surface area contributed by atoms with E-state index in [1.165, 1.54) is 0 Å². The first-order valence-corrected chi connectivity index (χ1v) is 6.25. The number of nitrogens with two attached hydrogens (primary N) is 1. The van der Waals surface area contributed by atoms with E-state index in [0.29, 0.717) is 0 Å². The number of carboxylic acid groups (broad SMARTS) is 1. The van der Waals surface area contributed by atoms with E-state index in [0.717, 1.165) is 11.1 Å². The standard InChI is InChI=1S/C14H18N2O4/c1-9-4-2-3-5-10(9)8-13(18)16-11(14(19)20)6-7-12(15)17/h2-5,11H,6-8H2,1H3,(H2,15,17)(H,16,18)(H,19,20)/t11-/m0/s1. The van der Waals surface area contributed by atoms with Crippen molar-refractivity contribution in [1.29, 1.82) is 0 Å². The summed E-state index contributed by atoms with van der Waals surface area (Å²) < 4.78 is 0. The number of amides is 2. The normalized spacial score (nSPS) is 11.7. The molecular formula is C14H18N2O4. The summed E-state index contributed by atoms with van der Waals surface area (Å²) in [5.74, 6) is -2.16. The predicted molar refractivity (Wildman–Crippen MR) is 72.9 cm³/mol. The zero-order valence-corrected chi connectivity index (χ0v) is 11.3. The van der Waals surface area contributed by atoms with Crippen LogP contribution in [0.3, 0.4) is 0 Å². The van der Waals surface area contributed by atoms with Crippen LogP contribution in [-0.4, -0.2) is 28.9 Å². The van der Waals surface area contributed by atoms with Crippen molar-refractivity contribution in [3.8, 4) is 0 Å². The number of benzene rings is 1. The van der Waals surface area contributed by atoms with E-state index in [-0.39, 0.29) is 19.3 Å². The molecule has 0 spiro atoms. The molecule has 0 fully saturated rings. The Morgan fingerprint density at radius 1 is 1.30 bits per heavy atom. The van der Waals surface area contributed by atoms with Gasteiger partial charge in [-0.15, -0.1) is 0 Å². The zero-order chi connectivity index (χ0) is 15.1. The number of carbonyl (C=O) groups excluding carboxylic acids is 2. The first-order chi connectivity index (χ1) is 9.40. The van der Waals surface area contributed by atoms with Gasteiger partial charge < -0.3 is 16.2 Å². The van der Waals surface area contributed by atoms with Crippen molar-refractivity contribution in [2.45, 2.75) is 32.2 Å². The van der Waals surface area contributed by atoms with Crippen LogP contribution in [0.5, 0.6) is 0 Å². The fraction of sp³-hybridized carbons (Fsp3) is 0.357. The molecule has 0 aromatic heterocycles. The first-order valence-electron chi connectivity index (χ1n) is 6.25. The van der Waals surface area contributed by atoms with Crippen molar-refractivity contribution >= 4 is 17.8 Å². The molecule has 6 heteroatoms. The van der Waals surface area contributed by atoms with Gasteiger partial charge in [0.05, 0.1) is 6.42 Å². The van der Waals surface area contributed by atoms with Crippen molar-refractivity contribution in [2.24, 2.45) is 5.73 Å². The molecule has 20 heavy (non-hydrogen) atoms. The van der Waals surface area contributed by atoms with Gasteiger partial charge in [0, 0.05) is 6.42 Å². The minimum absolute atomic E-state index is 0.00974. The fourth-order valence-corrected chi connectivity index (χ4v) is 1.77. The van der Waals surface area contributed by atoms with Crippen LogP contribution >= 0.6 is 0 Å². The van der Waals surface area contributed by atoms with Crippen molar-refractivity contribution in [2.75, 3.05) is 0 Å². The molecule has 0 heterocycles. The van der Waals surface area contributed by atoms with Gasteiger partial charge in [0.15, 0.2) is 0 Å². The molecule has 108 valence electrons. The Morgan fingerprint density at radius 3 is 2.50 bits per heavy atom. The number of aryl methyl sites for hydroxylation is 1. The second-order valence-electron chi connectivity index (χ2n) is 4.57. The lowest BCUT2D eigenvalue weighted by Crippen LogP contribution is -2.42. The SMILES string of the molecule is Cc1ccccc1CC(=O)N[C@@H](CCC(N)=O)C(=O)O. The van der Waals surface area contributed by atoms with Crippen molar-refractivity contribution < 1.29 is 19.5 Å². The smallest absolute Gasteiger partial charge is 0.326 e. The topological polar surface area (TPSA) is 109 Å². The molecule has 0 aliphatic carbocycles. The van der Waals surface area contributed by atoms with Gasteiger partial charge in [-0.3, -0.25) is 9.59 Å². The quantitative estimate of drug-likeness (QED) is 0.669. The van der Waals surface area contributed by atoms with Crippen LogP contribution in [0.1, 0.15) is 24.0 Å². The number of carboxylic acids is 1. The summed E-state index contributed by atoms with van der Waals surface area (Å²) in [4.78, 5) is 33.5. The second kappa shape index (κ2) is 7.28. The number of hydrogen-bond acceptors (Lipinski definition) is 3. The highest BCUT2D eigenvalue weighted by Gasteiger charge is 2.20. The van der Waals surface area contributed by atoms with Crippen LogP contribution in [-0.2, 0) is 20.8 Å². The Labute approximate surface area is 117 Å². The van der Waals surface area contributed by atoms with Crippen LogP contribution < -0.4 is 11.1 Å². The highest BCUT2D eigenvalue weighted by molar-refractivity contribution is 5.85. The highest BCUT2D eigenvalue weighted by atomic mass is 16.4. The Kier molecular flexibility index (Phi) is 5.71. The van der Waals surface area contributed by atoms with Crippen LogP contribution in [0.15, 0.2) is 24.3 Å². The van der Waals surface area contributed by atoms with E-state index in [4.69, 9.17) is 10.8 Å². The molecule has 0 aliphatic heterocycles. The zero-order valence-electron chi connectivity index (χ0n) is 11.3. The maximum absolute atomic E-state index is 11.8. The number of nitrogens with one attached hydrogen (secondary N) is 1. The molecule has 1 aromatic rings. The van der Waals surface area contributed by atoms with Crippen molar-refractivity contribution in [3.63, 3.8) is 0 Å². The molecule has 1 atom stereocenters. The van der Waals surface area contributed by atoms with Gasteiger partial charge >= 0.3 is 5.97 Å². The molecule has 0 unspecified atom stereocenters. The fourth-order valence-electron chi connectivity index (χ4n) is 1.77. The molecular weight excluding hydrogens is 260 g/mol. The molecule has 1 aromatic carbocycles. The molecule has 0 radical (unpaired) electrons. The van der Waals surface area contributed by atoms with E-state index in [1.807, 2.05) is 31.2 Å². The third-order valence-electron chi connectivity index (χ3n) is 2.92. The Morgan fingerprint density at radius 2 is 1.95 bits per heavy atom. The van der Waals surface area contributed by atoms with Gasteiger partial charge in [-0.1, -0.05) is 24.3 Å². The summed E-state index contributed by atoms with van der Waals surface area (Å²) in [7, 11) is 0. The lowest BCUT2D eigenvalue weighted by molar-refractivity contribution is -0.142. The van der Waals surface area contributed by atoms with E-state index in [1.54, 1.807) is 0 Å². The average Bonchev–Trinajstić information content (AvgIpc) is 2.36. The lowest BCUT2D eigenvalue weighted by Gasteiger charge is -2.14.